The van der Waals surface area contributed by atoms with Crippen LogP contribution in [0.2, 0.25) is 0 Å². The molecule has 1 aromatic rings. The Morgan fingerprint density at radius 3 is 2.43 bits per heavy atom. The van der Waals surface area contributed by atoms with Gasteiger partial charge in [0, 0.05) is 32.4 Å². The number of morpholine rings is 1. The summed E-state index contributed by atoms with van der Waals surface area (Å²) in [4.78, 5) is 66.8. The molecule has 1 aliphatic carbocycles. The number of amides is 3. The van der Waals surface area contributed by atoms with Crippen LogP contribution in [0, 0.1) is 0 Å². The number of Topliss-reactive ketones (excluding diaryl/α,β-unsaturated/α-hetero) is 1. The minimum atomic E-state index is -0.999. The molecule has 1 aromatic heterocycles. The number of rotatable bonds is 14. The third-order valence-electron chi connectivity index (χ3n) is 8.10. The number of ether oxygens (including phenoxy) is 2. The van der Waals surface area contributed by atoms with Gasteiger partial charge in [-0.3, -0.25) is 28.9 Å². The second kappa shape index (κ2) is 14.2. The first kappa shape index (κ1) is 31.6. The fraction of sp³-hybridized carbons (Fsp3) is 0.633. The highest BCUT2D eigenvalue weighted by atomic mass is 16.6. The van der Waals surface area contributed by atoms with Gasteiger partial charge in [0.05, 0.1) is 32.4 Å². The Morgan fingerprint density at radius 1 is 1.07 bits per heavy atom. The van der Waals surface area contributed by atoms with E-state index in [1.807, 2.05) is 4.90 Å². The van der Waals surface area contributed by atoms with Crippen molar-refractivity contribution in [3.05, 3.63) is 45.9 Å². The fourth-order valence-corrected chi connectivity index (χ4v) is 5.22. The Bertz CT molecular complexity index is 1250. The topological polar surface area (TPSA) is 151 Å². The number of allylic oxidation sites excluding steroid dienone is 1. The van der Waals surface area contributed by atoms with E-state index in [4.69, 9.17) is 9.47 Å². The molecule has 4 atom stereocenters. The van der Waals surface area contributed by atoms with Crippen LogP contribution in [-0.4, -0.2) is 96.2 Å². The highest BCUT2D eigenvalue weighted by Crippen LogP contribution is 2.31. The third kappa shape index (κ3) is 8.83. The van der Waals surface area contributed by atoms with Gasteiger partial charge in [-0.2, -0.15) is 0 Å². The van der Waals surface area contributed by atoms with Gasteiger partial charge >= 0.3 is 0 Å². The van der Waals surface area contributed by atoms with Crippen LogP contribution in [0.5, 0.6) is 0 Å². The molecule has 2 fully saturated rings. The largest absolute Gasteiger partial charge is 0.379 e. The van der Waals surface area contributed by atoms with E-state index in [2.05, 4.69) is 22.0 Å². The van der Waals surface area contributed by atoms with Gasteiger partial charge in [-0.15, -0.1) is 0 Å². The van der Waals surface area contributed by atoms with Gasteiger partial charge in [0.1, 0.15) is 17.7 Å². The molecule has 0 unspecified atom stereocenters. The van der Waals surface area contributed by atoms with Crippen LogP contribution >= 0.6 is 0 Å². The monoisotopic (exact) mass is 585 g/mol. The van der Waals surface area contributed by atoms with Crippen LogP contribution in [0.3, 0.4) is 0 Å². The zero-order valence-corrected chi connectivity index (χ0v) is 24.8. The van der Waals surface area contributed by atoms with Crippen LogP contribution in [0.15, 0.2) is 34.8 Å². The van der Waals surface area contributed by atoms with Crippen molar-refractivity contribution in [3.8, 4) is 0 Å². The van der Waals surface area contributed by atoms with Crippen molar-refractivity contribution in [3.63, 3.8) is 0 Å². The molecular formula is C30H43N5O7. The Balaban J connectivity index is 1.43. The van der Waals surface area contributed by atoms with E-state index in [1.165, 1.54) is 10.6 Å². The van der Waals surface area contributed by atoms with E-state index in [0.29, 0.717) is 45.8 Å². The zero-order chi connectivity index (χ0) is 30.3. The van der Waals surface area contributed by atoms with E-state index in [-0.39, 0.29) is 30.2 Å². The lowest BCUT2D eigenvalue weighted by Crippen LogP contribution is -2.56. The number of epoxide rings is 1. The predicted octanol–water partition coefficient (Wildman–Crippen LogP) is -0.0172. The standard InChI is InChI=1S/C30H43N5O7/c1-20(31-25(36)18-35-12-14-41-15-13-35)28(39)32-23(9-8-22-10-11-34(3)26(37)17-22)29(40)33-24(16-21-6-4-5-7-21)27(38)30(2)19-42-30/h6,10-11,17,20,23-24H,4-5,7-9,12-16,18-19H2,1-3H3,(H,31,36)(H,32,39)(H,33,40)/t20-,23-,24-,30+/m0/s1. The Kier molecular flexibility index (Phi) is 10.7. The lowest BCUT2D eigenvalue weighted by Gasteiger charge is -2.27. The van der Waals surface area contributed by atoms with Crippen molar-refractivity contribution in [2.75, 3.05) is 39.5 Å². The number of carbonyl (C=O) groups is 4. The molecule has 2 saturated heterocycles. The second-order valence-corrected chi connectivity index (χ2v) is 11.7. The van der Waals surface area contributed by atoms with Crippen LogP contribution < -0.4 is 21.5 Å². The predicted molar refractivity (Wildman–Crippen MR) is 155 cm³/mol. The normalized spacial score (nSPS) is 22.4. The van der Waals surface area contributed by atoms with Gasteiger partial charge in [0.25, 0.3) is 5.56 Å². The zero-order valence-electron chi connectivity index (χ0n) is 24.8. The summed E-state index contributed by atoms with van der Waals surface area (Å²) in [6.07, 6.45) is 7.53. The average Bonchev–Trinajstić information content (AvgIpc) is 3.50. The van der Waals surface area contributed by atoms with Crippen LogP contribution in [0.25, 0.3) is 0 Å². The molecule has 0 radical (unpaired) electrons. The second-order valence-electron chi connectivity index (χ2n) is 11.7. The van der Waals surface area contributed by atoms with E-state index in [0.717, 1.165) is 30.4 Å². The highest BCUT2D eigenvalue weighted by molar-refractivity contribution is 5.98. The van der Waals surface area contributed by atoms with E-state index < -0.39 is 35.5 Å². The number of aryl methyl sites for hydroxylation is 2. The van der Waals surface area contributed by atoms with Crippen molar-refractivity contribution in [2.24, 2.45) is 7.05 Å². The lowest BCUT2D eigenvalue weighted by atomic mass is 9.94. The van der Waals surface area contributed by atoms with E-state index in [1.54, 1.807) is 33.2 Å². The summed E-state index contributed by atoms with van der Waals surface area (Å²) in [5.74, 6) is -1.51. The first-order valence-corrected chi connectivity index (χ1v) is 14.8. The molecule has 42 heavy (non-hydrogen) atoms. The van der Waals surface area contributed by atoms with Gasteiger partial charge in [-0.1, -0.05) is 11.6 Å². The molecule has 230 valence electrons. The minimum Gasteiger partial charge on any atom is -0.379 e. The Morgan fingerprint density at radius 2 is 1.79 bits per heavy atom. The first-order valence-electron chi connectivity index (χ1n) is 14.8. The SMILES string of the molecule is C[C@H](NC(=O)CN1CCOCC1)C(=O)N[C@@H](CCc1ccn(C)c(=O)c1)C(=O)N[C@@H](CC1=CCCC1)C(=O)[C@@]1(C)CO1. The molecule has 2 aliphatic heterocycles. The smallest absolute Gasteiger partial charge is 0.250 e. The summed E-state index contributed by atoms with van der Waals surface area (Å²) < 4.78 is 12.1. The number of nitrogens with zero attached hydrogens (tertiary/aromatic N) is 2. The van der Waals surface area contributed by atoms with Gasteiger partial charge in [0.15, 0.2) is 5.78 Å². The van der Waals surface area contributed by atoms with Gasteiger partial charge in [-0.25, -0.2) is 0 Å². The highest BCUT2D eigenvalue weighted by Gasteiger charge is 2.50. The van der Waals surface area contributed by atoms with Crippen LogP contribution in [0.4, 0.5) is 0 Å². The number of pyridine rings is 1. The van der Waals surface area contributed by atoms with Gasteiger partial charge < -0.3 is 30.0 Å². The molecule has 0 spiro atoms. The molecule has 0 aromatic carbocycles. The quantitative estimate of drug-likeness (QED) is 0.204. The average molecular weight is 586 g/mol. The summed E-state index contributed by atoms with van der Waals surface area (Å²) >= 11 is 0. The molecule has 4 rings (SSSR count). The fourth-order valence-electron chi connectivity index (χ4n) is 5.22. The Labute approximate surface area is 246 Å². The van der Waals surface area contributed by atoms with Crippen molar-refractivity contribution in [2.45, 2.75) is 76.1 Å². The summed E-state index contributed by atoms with van der Waals surface area (Å²) in [7, 11) is 1.65. The van der Waals surface area contributed by atoms with E-state index >= 15 is 0 Å². The number of ketones is 1. The third-order valence-corrected chi connectivity index (χ3v) is 8.10. The molecule has 3 N–H and O–H groups in total. The summed E-state index contributed by atoms with van der Waals surface area (Å²) in [5.41, 5.74) is 0.747. The number of aromatic nitrogens is 1. The molecule has 3 heterocycles. The number of hydrogen-bond donors (Lipinski definition) is 3. The van der Waals surface area contributed by atoms with Crippen molar-refractivity contribution >= 4 is 23.5 Å². The number of hydrogen-bond acceptors (Lipinski definition) is 8. The molecule has 12 nitrogen and oxygen atoms in total. The minimum absolute atomic E-state index is 0.147. The van der Waals surface area contributed by atoms with Crippen molar-refractivity contribution in [1.29, 1.82) is 0 Å². The van der Waals surface area contributed by atoms with Crippen molar-refractivity contribution in [1.82, 2.24) is 25.4 Å². The molecule has 0 bridgehead atoms. The maximum absolute atomic E-state index is 13.7. The molecule has 3 aliphatic rings. The maximum atomic E-state index is 13.7. The summed E-state index contributed by atoms with van der Waals surface area (Å²) in [5, 5.41) is 8.37. The van der Waals surface area contributed by atoms with Crippen molar-refractivity contribution < 1.29 is 28.7 Å². The van der Waals surface area contributed by atoms with Crippen LogP contribution in [-0.2, 0) is 42.1 Å². The Hall–Kier alpha value is -3.35. The summed E-state index contributed by atoms with van der Waals surface area (Å²) in [6, 6.07) is 0.605. The lowest BCUT2D eigenvalue weighted by molar-refractivity contribution is -0.134. The number of carbonyl (C=O) groups excluding carboxylic acids is 4. The maximum Gasteiger partial charge on any atom is 0.250 e. The van der Waals surface area contributed by atoms with Crippen LogP contribution in [0.1, 0.15) is 51.5 Å². The molecule has 12 heteroatoms. The first-order chi connectivity index (χ1) is 20.0. The van der Waals surface area contributed by atoms with E-state index in [9.17, 15) is 24.0 Å². The van der Waals surface area contributed by atoms with Gasteiger partial charge in [0.2, 0.25) is 17.7 Å². The number of nitrogens with one attached hydrogen (secondary N) is 3. The molecular weight excluding hydrogens is 542 g/mol. The van der Waals surface area contributed by atoms with Gasteiger partial charge in [-0.05, 0) is 64.0 Å². The summed E-state index contributed by atoms with van der Waals surface area (Å²) in [6.45, 7) is 6.12. The molecule has 3 amide bonds. The molecule has 0 saturated carbocycles.